The molecular formula is C24H34Cl2N4O. The van der Waals surface area contributed by atoms with Gasteiger partial charge in [-0.3, -0.25) is 0 Å². The van der Waals surface area contributed by atoms with Crippen LogP contribution in [0.5, 0.6) is 0 Å². The molecule has 3 rings (SSSR count). The van der Waals surface area contributed by atoms with Crippen LogP contribution in [0.4, 0.5) is 10.5 Å². The maximum absolute atomic E-state index is 12.5. The number of benzene rings is 2. The molecule has 1 heterocycles. The lowest BCUT2D eigenvalue weighted by Gasteiger charge is -2.33. The monoisotopic (exact) mass is 464 g/mol. The fourth-order valence-electron chi connectivity index (χ4n) is 3.63. The Morgan fingerprint density at radius 2 is 1.84 bits per heavy atom. The second-order valence-electron chi connectivity index (χ2n) is 7.99. The van der Waals surface area contributed by atoms with Crippen LogP contribution in [0.1, 0.15) is 36.5 Å². The van der Waals surface area contributed by atoms with E-state index in [0.29, 0.717) is 16.6 Å². The van der Waals surface area contributed by atoms with Crippen molar-refractivity contribution >= 4 is 34.9 Å². The molecule has 2 aromatic carbocycles. The summed E-state index contributed by atoms with van der Waals surface area (Å²) in [6.45, 7) is 7.14. The van der Waals surface area contributed by atoms with E-state index < -0.39 is 0 Å². The molecule has 0 saturated carbocycles. The molecule has 0 aromatic heterocycles. The Morgan fingerprint density at radius 1 is 1.13 bits per heavy atom. The van der Waals surface area contributed by atoms with Gasteiger partial charge in [0.25, 0.3) is 0 Å². The third-order valence-corrected chi connectivity index (χ3v) is 5.82. The quantitative estimate of drug-likeness (QED) is 0.623. The lowest BCUT2D eigenvalue weighted by molar-refractivity contribution is 0.217. The number of carbonyl (C=O) groups is 1. The smallest absolute Gasteiger partial charge is 0.321 e. The van der Waals surface area contributed by atoms with Gasteiger partial charge in [0.2, 0.25) is 0 Å². The van der Waals surface area contributed by atoms with Gasteiger partial charge in [-0.15, -0.1) is 0 Å². The highest BCUT2D eigenvalue weighted by atomic mass is 35.5. The van der Waals surface area contributed by atoms with E-state index in [-0.39, 0.29) is 11.9 Å². The molecule has 0 spiro atoms. The van der Waals surface area contributed by atoms with Gasteiger partial charge in [-0.2, -0.15) is 0 Å². The van der Waals surface area contributed by atoms with Gasteiger partial charge in [0, 0.05) is 54.9 Å². The summed E-state index contributed by atoms with van der Waals surface area (Å²) >= 11 is 12.8. The second kappa shape index (κ2) is 11.7. The third kappa shape index (κ3) is 6.84. The number of nitrogens with zero attached hydrogens (tertiary/aromatic N) is 3. The molecule has 1 aliphatic rings. The van der Waals surface area contributed by atoms with Crippen molar-refractivity contribution in [1.82, 2.24) is 14.7 Å². The summed E-state index contributed by atoms with van der Waals surface area (Å²) < 4.78 is 0. The maximum Gasteiger partial charge on any atom is 0.321 e. The number of fused-ring (bicyclic) bond motifs is 1. The van der Waals surface area contributed by atoms with E-state index in [0.717, 1.165) is 42.0 Å². The van der Waals surface area contributed by atoms with Gasteiger partial charge in [0.1, 0.15) is 0 Å². The van der Waals surface area contributed by atoms with Crippen molar-refractivity contribution in [2.75, 3.05) is 53.1 Å². The molecule has 0 aliphatic carbocycles. The molecule has 0 radical (unpaired) electrons. The molecule has 170 valence electrons. The first kappa shape index (κ1) is 25.5. The molecular weight excluding hydrogens is 431 g/mol. The van der Waals surface area contributed by atoms with E-state index in [2.05, 4.69) is 28.2 Å². The zero-order valence-electron chi connectivity index (χ0n) is 19.4. The van der Waals surface area contributed by atoms with E-state index in [4.69, 9.17) is 23.2 Å². The minimum absolute atomic E-state index is 0.115. The Labute approximate surface area is 196 Å². The first-order chi connectivity index (χ1) is 14.7. The Morgan fingerprint density at radius 3 is 2.52 bits per heavy atom. The minimum atomic E-state index is -0.115. The predicted molar refractivity (Wildman–Crippen MR) is 133 cm³/mol. The fourth-order valence-corrected chi connectivity index (χ4v) is 4.20. The van der Waals surface area contributed by atoms with Gasteiger partial charge in [-0.25, -0.2) is 4.79 Å². The normalized spacial score (nSPS) is 15.7. The SMILES string of the molecule is CC.CN(C)CCN(C)C(=O)Nc1cccc(C2CN(C)Cc3c(Cl)cc(Cl)cc32)c1. The van der Waals surface area contributed by atoms with Crippen LogP contribution in [-0.4, -0.2) is 68.6 Å². The zero-order valence-corrected chi connectivity index (χ0v) is 20.9. The van der Waals surface area contributed by atoms with Gasteiger partial charge >= 0.3 is 6.03 Å². The number of urea groups is 1. The van der Waals surface area contributed by atoms with Crippen molar-refractivity contribution in [3.8, 4) is 0 Å². The van der Waals surface area contributed by atoms with Crippen LogP contribution in [0.2, 0.25) is 10.0 Å². The van der Waals surface area contributed by atoms with Crippen molar-refractivity contribution in [3.63, 3.8) is 0 Å². The number of hydrogen-bond acceptors (Lipinski definition) is 3. The number of hydrogen-bond donors (Lipinski definition) is 1. The lowest BCUT2D eigenvalue weighted by atomic mass is 9.84. The van der Waals surface area contributed by atoms with Gasteiger partial charge < -0.3 is 20.0 Å². The van der Waals surface area contributed by atoms with Gasteiger partial charge in [0.15, 0.2) is 0 Å². The number of carbonyl (C=O) groups excluding carboxylic acids is 1. The van der Waals surface area contributed by atoms with Crippen LogP contribution >= 0.6 is 23.2 Å². The van der Waals surface area contributed by atoms with E-state index in [1.807, 2.05) is 52.2 Å². The highest BCUT2D eigenvalue weighted by Gasteiger charge is 2.27. The largest absolute Gasteiger partial charge is 0.326 e. The third-order valence-electron chi connectivity index (χ3n) is 5.26. The van der Waals surface area contributed by atoms with Crippen molar-refractivity contribution in [2.24, 2.45) is 0 Å². The van der Waals surface area contributed by atoms with E-state index in [1.54, 1.807) is 18.0 Å². The molecule has 0 bridgehead atoms. The molecule has 0 saturated heterocycles. The summed E-state index contributed by atoms with van der Waals surface area (Å²) in [4.78, 5) is 18.5. The molecule has 31 heavy (non-hydrogen) atoms. The van der Waals surface area contributed by atoms with Crippen LogP contribution in [0.3, 0.4) is 0 Å². The molecule has 1 N–H and O–H groups in total. The highest BCUT2D eigenvalue weighted by molar-refractivity contribution is 6.35. The van der Waals surface area contributed by atoms with E-state index in [1.165, 1.54) is 0 Å². The Balaban J connectivity index is 0.00000166. The first-order valence-electron chi connectivity index (χ1n) is 10.7. The van der Waals surface area contributed by atoms with Crippen molar-refractivity contribution in [2.45, 2.75) is 26.3 Å². The molecule has 1 atom stereocenters. The molecule has 2 amide bonds. The molecule has 7 heteroatoms. The van der Waals surface area contributed by atoms with Crippen LogP contribution in [0.25, 0.3) is 0 Å². The average molecular weight is 465 g/mol. The number of anilines is 1. The number of rotatable bonds is 5. The van der Waals surface area contributed by atoms with E-state index in [9.17, 15) is 4.79 Å². The van der Waals surface area contributed by atoms with Gasteiger partial charge in [-0.1, -0.05) is 49.2 Å². The summed E-state index contributed by atoms with van der Waals surface area (Å²) in [7, 11) is 7.88. The van der Waals surface area contributed by atoms with Crippen molar-refractivity contribution in [1.29, 1.82) is 0 Å². The summed E-state index contributed by atoms with van der Waals surface area (Å²) in [5, 5.41) is 4.36. The van der Waals surface area contributed by atoms with Crippen molar-refractivity contribution in [3.05, 3.63) is 63.1 Å². The fraction of sp³-hybridized carbons (Fsp3) is 0.458. The average Bonchev–Trinajstić information content (AvgIpc) is 2.73. The number of halogens is 2. The van der Waals surface area contributed by atoms with E-state index >= 15 is 0 Å². The summed E-state index contributed by atoms with van der Waals surface area (Å²) in [5.41, 5.74) is 4.19. The summed E-state index contributed by atoms with van der Waals surface area (Å²) in [5.74, 6) is 0.142. The Hall–Kier alpha value is -1.79. The topological polar surface area (TPSA) is 38.8 Å². The Bertz CT molecular complexity index is 888. The molecule has 5 nitrogen and oxygen atoms in total. The molecule has 1 unspecified atom stereocenters. The maximum atomic E-state index is 12.5. The van der Waals surface area contributed by atoms with Crippen LogP contribution in [0.15, 0.2) is 36.4 Å². The molecule has 2 aromatic rings. The predicted octanol–water partition coefficient (Wildman–Crippen LogP) is 5.62. The summed E-state index contributed by atoms with van der Waals surface area (Å²) in [6.07, 6.45) is 0. The Kier molecular flexibility index (Phi) is 9.63. The second-order valence-corrected chi connectivity index (χ2v) is 8.83. The van der Waals surface area contributed by atoms with Crippen LogP contribution < -0.4 is 5.32 Å². The van der Waals surface area contributed by atoms with Crippen LogP contribution in [-0.2, 0) is 6.54 Å². The molecule has 0 fully saturated rings. The molecule has 1 aliphatic heterocycles. The minimum Gasteiger partial charge on any atom is -0.326 e. The van der Waals surface area contributed by atoms with Crippen molar-refractivity contribution < 1.29 is 4.79 Å². The standard InChI is InChI=1S/C22H28Cl2N4O.C2H6/c1-26(2)8-9-28(4)22(29)25-17-7-5-6-15(10-17)19-13-27(3)14-20-18(19)11-16(23)12-21(20)24;1-2/h5-7,10-12,19H,8-9,13-14H2,1-4H3,(H,25,29);1-2H3. The number of amides is 2. The lowest BCUT2D eigenvalue weighted by Crippen LogP contribution is -2.36. The van der Waals surface area contributed by atoms with Gasteiger partial charge in [-0.05, 0) is 62.1 Å². The zero-order chi connectivity index (χ0) is 23.1. The number of likely N-dealkylation sites (N-methyl/N-ethyl adjacent to an activating group) is 3. The van der Waals surface area contributed by atoms with Crippen LogP contribution in [0, 0.1) is 0 Å². The highest BCUT2D eigenvalue weighted by Crippen LogP contribution is 2.38. The number of nitrogens with one attached hydrogen (secondary N) is 1. The first-order valence-corrected chi connectivity index (χ1v) is 11.4. The van der Waals surface area contributed by atoms with Gasteiger partial charge in [0.05, 0.1) is 0 Å². The summed E-state index contributed by atoms with van der Waals surface area (Å²) in [6, 6.07) is 11.7.